The predicted octanol–water partition coefficient (Wildman–Crippen LogP) is 3.58. The van der Waals surface area contributed by atoms with Crippen molar-refractivity contribution in [2.45, 2.75) is 6.42 Å². The maximum absolute atomic E-state index is 12.9. The Bertz CT molecular complexity index is 998. The number of carbonyl (C=O) groups is 1. The number of thiocarbonyl (C=S) groups is 1. The van der Waals surface area contributed by atoms with E-state index in [1.54, 1.807) is 25.2 Å². The number of amides is 1. The number of nitrogens with zero attached hydrogens (tertiary/aromatic N) is 2. The van der Waals surface area contributed by atoms with Crippen molar-refractivity contribution in [2.24, 2.45) is 0 Å². The Balaban J connectivity index is 1.41. The van der Waals surface area contributed by atoms with Gasteiger partial charge in [-0.2, -0.15) is 0 Å². The number of anilines is 1. The smallest absolute Gasteiger partial charge is 0.266 e. The second-order valence-corrected chi connectivity index (χ2v) is 8.72. The van der Waals surface area contributed by atoms with Crippen LogP contribution in [0.3, 0.4) is 0 Å². The Kier molecular flexibility index (Phi) is 6.84. The Hall–Kier alpha value is -2.49. The summed E-state index contributed by atoms with van der Waals surface area (Å²) in [6.07, 6.45) is 2.42. The number of rotatable bonds is 7. The molecule has 2 aliphatic rings. The zero-order chi connectivity index (χ0) is 21.8. The fourth-order valence-corrected chi connectivity index (χ4v) is 4.76. The third kappa shape index (κ3) is 4.89. The van der Waals surface area contributed by atoms with Crippen LogP contribution in [0.1, 0.15) is 11.3 Å². The molecule has 2 aromatic rings. The summed E-state index contributed by atoms with van der Waals surface area (Å²) in [5, 5.41) is 0. The number of methoxy groups -OCH3 is 2. The minimum atomic E-state index is -0.0974. The lowest BCUT2D eigenvalue weighted by molar-refractivity contribution is -0.122. The molecule has 0 saturated carbocycles. The van der Waals surface area contributed by atoms with E-state index in [1.807, 2.05) is 30.3 Å². The third-order valence-electron chi connectivity index (χ3n) is 5.15. The standard InChI is InChI=1S/C22H24N2O5S2/c1-26-17-5-3-15(13-18(17)27-2)7-8-24-21(25)19(31-22(24)30)14-16-4-6-20(29-16)23-9-11-28-12-10-23/h3-6,13-14H,7-12H2,1-2H3/b19-14-. The van der Waals surface area contributed by atoms with Crippen molar-refractivity contribution in [3.63, 3.8) is 0 Å². The number of carbonyl (C=O) groups excluding carboxylic acids is 1. The van der Waals surface area contributed by atoms with Gasteiger partial charge in [0.2, 0.25) is 0 Å². The van der Waals surface area contributed by atoms with Crippen molar-refractivity contribution in [2.75, 3.05) is 52.0 Å². The van der Waals surface area contributed by atoms with Crippen LogP contribution in [0.4, 0.5) is 5.88 Å². The predicted molar refractivity (Wildman–Crippen MR) is 125 cm³/mol. The van der Waals surface area contributed by atoms with Gasteiger partial charge in [0, 0.05) is 31.8 Å². The Labute approximate surface area is 190 Å². The van der Waals surface area contributed by atoms with Gasteiger partial charge in [-0.1, -0.05) is 30.0 Å². The monoisotopic (exact) mass is 460 g/mol. The molecule has 0 unspecified atom stereocenters. The summed E-state index contributed by atoms with van der Waals surface area (Å²) in [6, 6.07) is 9.55. The largest absolute Gasteiger partial charge is 0.493 e. The highest BCUT2D eigenvalue weighted by atomic mass is 32.2. The van der Waals surface area contributed by atoms with Crippen LogP contribution in [0.25, 0.3) is 6.08 Å². The van der Waals surface area contributed by atoms with Gasteiger partial charge >= 0.3 is 0 Å². The molecule has 9 heteroatoms. The molecule has 31 heavy (non-hydrogen) atoms. The quantitative estimate of drug-likeness (QED) is 0.459. The summed E-state index contributed by atoms with van der Waals surface area (Å²) in [5.74, 6) is 2.68. The van der Waals surface area contributed by atoms with Gasteiger partial charge in [0.05, 0.1) is 32.3 Å². The van der Waals surface area contributed by atoms with Crippen LogP contribution >= 0.6 is 24.0 Å². The molecule has 1 aromatic heterocycles. The lowest BCUT2D eigenvalue weighted by Gasteiger charge is -2.26. The molecule has 0 N–H and O–H groups in total. The molecule has 3 heterocycles. The minimum absolute atomic E-state index is 0.0974. The van der Waals surface area contributed by atoms with Crippen LogP contribution in [0.2, 0.25) is 0 Å². The highest BCUT2D eigenvalue weighted by Gasteiger charge is 2.32. The molecule has 2 fully saturated rings. The average molecular weight is 461 g/mol. The summed E-state index contributed by atoms with van der Waals surface area (Å²) in [5.41, 5.74) is 1.04. The zero-order valence-electron chi connectivity index (χ0n) is 17.5. The van der Waals surface area contributed by atoms with E-state index in [2.05, 4.69) is 4.90 Å². The van der Waals surface area contributed by atoms with Gasteiger partial charge in [0.25, 0.3) is 5.91 Å². The number of hydrogen-bond donors (Lipinski definition) is 0. The topological polar surface area (TPSA) is 64.4 Å². The summed E-state index contributed by atoms with van der Waals surface area (Å²) < 4.78 is 22.5. The molecule has 0 bridgehead atoms. The van der Waals surface area contributed by atoms with Crippen LogP contribution in [0.15, 0.2) is 39.7 Å². The molecule has 0 aliphatic carbocycles. The molecule has 2 aliphatic heterocycles. The molecule has 164 valence electrons. The number of benzene rings is 1. The third-order valence-corrected chi connectivity index (χ3v) is 6.53. The maximum atomic E-state index is 12.9. The number of thioether (sulfide) groups is 1. The summed E-state index contributed by atoms with van der Waals surface area (Å²) in [7, 11) is 3.21. The number of ether oxygens (including phenoxy) is 3. The molecule has 0 radical (unpaired) electrons. The summed E-state index contributed by atoms with van der Waals surface area (Å²) in [6.45, 7) is 3.47. The SMILES string of the molecule is COc1ccc(CCN2C(=O)/C(=C/c3ccc(N4CCOCC4)o3)SC2=S)cc1OC. The van der Waals surface area contributed by atoms with E-state index in [0.29, 0.717) is 52.7 Å². The van der Waals surface area contributed by atoms with E-state index in [-0.39, 0.29) is 5.91 Å². The van der Waals surface area contributed by atoms with Gasteiger partial charge in [-0.25, -0.2) is 0 Å². The fraction of sp³-hybridized carbons (Fsp3) is 0.364. The second kappa shape index (κ2) is 9.76. The molecule has 1 amide bonds. The van der Waals surface area contributed by atoms with Gasteiger partial charge in [0.1, 0.15) is 10.1 Å². The van der Waals surface area contributed by atoms with E-state index < -0.39 is 0 Å². The van der Waals surface area contributed by atoms with Gasteiger partial charge < -0.3 is 23.5 Å². The van der Waals surface area contributed by atoms with E-state index in [0.717, 1.165) is 24.5 Å². The van der Waals surface area contributed by atoms with Crippen molar-refractivity contribution < 1.29 is 23.4 Å². The highest BCUT2D eigenvalue weighted by molar-refractivity contribution is 8.26. The van der Waals surface area contributed by atoms with Gasteiger partial charge in [-0.3, -0.25) is 9.69 Å². The molecule has 0 atom stereocenters. The first-order valence-corrected chi connectivity index (χ1v) is 11.2. The molecule has 7 nitrogen and oxygen atoms in total. The van der Waals surface area contributed by atoms with Crippen molar-refractivity contribution in [3.8, 4) is 11.5 Å². The van der Waals surface area contributed by atoms with E-state index in [1.165, 1.54) is 11.8 Å². The van der Waals surface area contributed by atoms with Crippen LogP contribution < -0.4 is 14.4 Å². The number of hydrogen-bond acceptors (Lipinski definition) is 8. The molecule has 4 rings (SSSR count). The molecule has 1 aromatic carbocycles. The molecule has 2 saturated heterocycles. The van der Waals surface area contributed by atoms with E-state index >= 15 is 0 Å². The van der Waals surface area contributed by atoms with Crippen LogP contribution in [0.5, 0.6) is 11.5 Å². The fourth-order valence-electron chi connectivity index (χ4n) is 3.47. The lowest BCUT2D eigenvalue weighted by atomic mass is 10.1. The van der Waals surface area contributed by atoms with Crippen molar-refractivity contribution >= 4 is 46.2 Å². The molecular formula is C22H24N2O5S2. The van der Waals surface area contributed by atoms with Crippen LogP contribution in [-0.2, 0) is 16.0 Å². The summed E-state index contributed by atoms with van der Waals surface area (Å²) >= 11 is 6.75. The van der Waals surface area contributed by atoms with Crippen molar-refractivity contribution in [3.05, 3.63) is 46.6 Å². The minimum Gasteiger partial charge on any atom is -0.493 e. The van der Waals surface area contributed by atoms with Crippen molar-refractivity contribution in [1.29, 1.82) is 0 Å². The van der Waals surface area contributed by atoms with Crippen LogP contribution in [-0.4, -0.2) is 62.2 Å². The molecule has 0 spiro atoms. The lowest BCUT2D eigenvalue weighted by Crippen LogP contribution is -2.35. The molecular weight excluding hydrogens is 436 g/mol. The highest BCUT2D eigenvalue weighted by Crippen LogP contribution is 2.34. The van der Waals surface area contributed by atoms with Gasteiger partial charge in [-0.15, -0.1) is 0 Å². The first-order chi connectivity index (χ1) is 15.1. The first-order valence-electron chi connectivity index (χ1n) is 9.98. The average Bonchev–Trinajstić information content (AvgIpc) is 3.37. The number of furan rings is 1. The van der Waals surface area contributed by atoms with Crippen molar-refractivity contribution in [1.82, 2.24) is 4.90 Å². The zero-order valence-corrected chi connectivity index (χ0v) is 19.1. The Morgan fingerprint density at radius 1 is 1.13 bits per heavy atom. The second-order valence-electron chi connectivity index (χ2n) is 7.05. The van der Waals surface area contributed by atoms with E-state index in [4.69, 9.17) is 30.8 Å². The first kappa shape index (κ1) is 21.7. The summed E-state index contributed by atoms with van der Waals surface area (Å²) in [4.78, 5) is 17.2. The Morgan fingerprint density at radius 3 is 2.65 bits per heavy atom. The number of morpholine rings is 1. The Morgan fingerprint density at radius 2 is 1.90 bits per heavy atom. The van der Waals surface area contributed by atoms with E-state index in [9.17, 15) is 4.79 Å². The maximum Gasteiger partial charge on any atom is 0.266 e. The van der Waals surface area contributed by atoms with Gasteiger partial charge in [-0.05, 0) is 30.2 Å². The normalized spacial score (nSPS) is 18.2. The van der Waals surface area contributed by atoms with Gasteiger partial charge in [0.15, 0.2) is 17.4 Å². The van der Waals surface area contributed by atoms with Crippen LogP contribution in [0, 0.1) is 0 Å².